The van der Waals surface area contributed by atoms with Crippen LogP contribution >= 0.6 is 22.7 Å². The number of aromatic nitrogens is 3. The van der Waals surface area contributed by atoms with Crippen LogP contribution in [0.15, 0.2) is 59.4 Å². The minimum atomic E-state index is -0.422. The summed E-state index contributed by atoms with van der Waals surface area (Å²) in [6, 6.07) is 13.5. The van der Waals surface area contributed by atoms with Crippen LogP contribution in [0.3, 0.4) is 0 Å². The Kier molecular flexibility index (Phi) is 5.13. The van der Waals surface area contributed by atoms with E-state index in [4.69, 9.17) is 4.98 Å². The van der Waals surface area contributed by atoms with E-state index in [0.29, 0.717) is 12.4 Å². The molecule has 4 heterocycles. The summed E-state index contributed by atoms with van der Waals surface area (Å²) in [5, 5.41) is 7.72. The summed E-state index contributed by atoms with van der Waals surface area (Å²) in [5.41, 5.74) is 1.72. The zero-order chi connectivity index (χ0) is 21.4. The van der Waals surface area contributed by atoms with Crippen LogP contribution < -0.4 is 10.2 Å². The third-order valence-corrected chi connectivity index (χ3v) is 6.93. The van der Waals surface area contributed by atoms with Crippen molar-refractivity contribution < 1.29 is 9.59 Å². The monoisotopic (exact) mass is 449 g/mol. The standard InChI is InChI=1S/C22H19N5O2S2/c1-14-23-11-19(27(14)22-24-17(13-31-22)18-8-5-9-30-18)25-21(29)15-10-20(28)26(12-15)16-6-3-2-4-7-16/h2-9,11,13,15H,10,12H2,1H3,(H,25,29). The quantitative estimate of drug-likeness (QED) is 0.491. The van der Waals surface area contributed by atoms with E-state index in [1.54, 1.807) is 22.4 Å². The number of thiophene rings is 1. The van der Waals surface area contributed by atoms with Gasteiger partial charge in [0.1, 0.15) is 11.6 Å². The maximum Gasteiger partial charge on any atom is 0.230 e. The van der Waals surface area contributed by atoms with Crippen LogP contribution in [0.2, 0.25) is 0 Å². The van der Waals surface area contributed by atoms with Crippen LogP contribution in [0.1, 0.15) is 12.2 Å². The molecule has 0 bridgehead atoms. The molecule has 2 amide bonds. The molecule has 0 radical (unpaired) electrons. The number of thiazole rings is 1. The number of aryl methyl sites for hydroxylation is 1. The number of imidazole rings is 1. The predicted molar refractivity (Wildman–Crippen MR) is 123 cm³/mol. The van der Waals surface area contributed by atoms with Crippen molar-refractivity contribution in [3.8, 4) is 15.7 Å². The van der Waals surface area contributed by atoms with E-state index < -0.39 is 5.92 Å². The van der Waals surface area contributed by atoms with Crippen LogP contribution in [0.25, 0.3) is 15.7 Å². The summed E-state index contributed by atoms with van der Waals surface area (Å²) in [7, 11) is 0. The van der Waals surface area contributed by atoms with Gasteiger partial charge in [0, 0.05) is 24.0 Å². The molecule has 9 heteroatoms. The lowest BCUT2D eigenvalue weighted by molar-refractivity contribution is -0.122. The number of para-hydroxylation sites is 1. The summed E-state index contributed by atoms with van der Waals surface area (Å²) >= 11 is 3.13. The summed E-state index contributed by atoms with van der Waals surface area (Å²) in [6.45, 7) is 2.24. The van der Waals surface area contributed by atoms with Gasteiger partial charge in [0.15, 0.2) is 5.13 Å². The highest BCUT2D eigenvalue weighted by Crippen LogP contribution is 2.31. The maximum atomic E-state index is 13.0. The predicted octanol–water partition coefficient (Wildman–Crippen LogP) is 4.36. The van der Waals surface area contributed by atoms with Crippen LogP contribution in [-0.4, -0.2) is 32.9 Å². The van der Waals surface area contributed by atoms with Gasteiger partial charge in [0.25, 0.3) is 0 Å². The molecule has 4 aromatic rings. The van der Waals surface area contributed by atoms with Crippen molar-refractivity contribution in [3.63, 3.8) is 0 Å². The molecule has 156 valence electrons. The van der Waals surface area contributed by atoms with E-state index in [0.717, 1.165) is 27.2 Å². The third kappa shape index (κ3) is 3.77. The molecule has 1 unspecified atom stereocenters. The van der Waals surface area contributed by atoms with Crippen molar-refractivity contribution in [1.29, 1.82) is 0 Å². The number of benzene rings is 1. The lowest BCUT2D eigenvalue weighted by atomic mass is 10.1. The minimum Gasteiger partial charge on any atom is -0.312 e. The average molecular weight is 450 g/mol. The lowest BCUT2D eigenvalue weighted by Crippen LogP contribution is -2.28. The Morgan fingerprint density at radius 3 is 2.77 bits per heavy atom. The fourth-order valence-corrected chi connectivity index (χ4v) is 5.29. The summed E-state index contributed by atoms with van der Waals surface area (Å²) in [6.07, 6.45) is 1.82. The molecule has 1 atom stereocenters. The Morgan fingerprint density at radius 1 is 1.16 bits per heavy atom. The molecular formula is C22H19N5O2S2. The molecule has 1 saturated heterocycles. The Hall–Kier alpha value is -3.30. The average Bonchev–Trinajstić information content (AvgIpc) is 3.55. The first kappa shape index (κ1) is 19.7. The molecule has 1 aliphatic rings. The first-order chi connectivity index (χ1) is 15.1. The van der Waals surface area contributed by atoms with Crippen LogP contribution in [0, 0.1) is 12.8 Å². The van der Waals surface area contributed by atoms with Crippen molar-refractivity contribution in [2.24, 2.45) is 5.92 Å². The van der Waals surface area contributed by atoms with E-state index >= 15 is 0 Å². The molecule has 1 aliphatic heterocycles. The molecule has 5 rings (SSSR count). The van der Waals surface area contributed by atoms with E-state index in [2.05, 4.69) is 10.3 Å². The summed E-state index contributed by atoms with van der Waals surface area (Å²) in [4.78, 5) is 37.3. The van der Waals surface area contributed by atoms with Gasteiger partial charge in [-0.05, 0) is 30.5 Å². The van der Waals surface area contributed by atoms with Gasteiger partial charge in [-0.2, -0.15) is 0 Å². The molecule has 3 aromatic heterocycles. The summed E-state index contributed by atoms with van der Waals surface area (Å²) in [5.74, 6) is 0.629. The topological polar surface area (TPSA) is 80.1 Å². The number of amides is 2. The smallest absolute Gasteiger partial charge is 0.230 e. The number of anilines is 2. The van der Waals surface area contributed by atoms with Gasteiger partial charge in [0.05, 0.1) is 22.7 Å². The fourth-order valence-electron chi connectivity index (χ4n) is 3.65. The maximum absolute atomic E-state index is 13.0. The van der Waals surface area contributed by atoms with Gasteiger partial charge in [-0.25, -0.2) is 9.97 Å². The highest BCUT2D eigenvalue weighted by molar-refractivity contribution is 7.15. The number of carbonyl (C=O) groups excluding carboxylic acids is 2. The van der Waals surface area contributed by atoms with Gasteiger partial charge in [0.2, 0.25) is 11.8 Å². The fraction of sp³-hybridized carbons (Fsp3) is 0.182. The highest BCUT2D eigenvalue weighted by Gasteiger charge is 2.35. The van der Waals surface area contributed by atoms with Crippen molar-refractivity contribution in [2.45, 2.75) is 13.3 Å². The highest BCUT2D eigenvalue weighted by atomic mass is 32.1. The van der Waals surface area contributed by atoms with E-state index in [-0.39, 0.29) is 18.2 Å². The van der Waals surface area contributed by atoms with Crippen LogP contribution in [-0.2, 0) is 9.59 Å². The van der Waals surface area contributed by atoms with E-state index in [9.17, 15) is 9.59 Å². The number of nitrogens with zero attached hydrogens (tertiary/aromatic N) is 4. The molecule has 31 heavy (non-hydrogen) atoms. The first-order valence-electron chi connectivity index (χ1n) is 9.80. The Balaban J connectivity index is 1.35. The second-order valence-electron chi connectivity index (χ2n) is 7.25. The Morgan fingerprint density at radius 2 is 2.00 bits per heavy atom. The molecule has 1 aromatic carbocycles. The normalized spacial score (nSPS) is 16.1. The number of hydrogen-bond acceptors (Lipinski definition) is 6. The van der Waals surface area contributed by atoms with E-state index in [1.807, 2.05) is 64.7 Å². The lowest BCUT2D eigenvalue weighted by Gasteiger charge is -2.16. The minimum absolute atomic E-state index is 0.0449. The largest absolute Gasteiger partial charge is 0.312 e. The van der Waals surface area contributed by atoms with Crippen LogP contribution in [0.4, 0.5) is 11.5 Å². The molecule has 1 fully saturated rings. The van der Waals surface area contributed by atoms with Gasteiger partial charge in [-0.15, -0.1) is 22.7 Å². The molecule has 0 saturated carbocycles. The Labute approximate surface area is 187 Å². The Bertz CT molecular complexity index is 1230. The first-order valence-corrected chi connectivity index (χ1v) is 11.6. The van der Waals surface area contributed by atoms with Gasteiger partial charge in [-0.1, -0.05) is 24.3 Å². The number of carbonyl (C=O) groups is 2. The van der Waals surface area contributed by atoms with Crippen molar-refractivity contribution >= 4 is 46.0 Å². The molecule has 1 N–H and O–H groups in total. The van der Waals surface area contributed by atoms with Crippen molar-refractivity contribution in [1.82, 2.24) is 14.5 Å². The number of hydrogen-bond donors (Lipinski definition) is 1. The second kappa shape index (κ2) is 8.09. The second-order valence-corrected chi connectivity index (χ2v) is 9.03. The molecular weight excluding hydrogens is 430 g/mol. The van der Waals surface area contributed by atoms with Crippen LogP contribution in [0.5, 0.6) is 0 Å². The molecule has 0 spiro atoms. The zero-order valence-electron chi connectivity index (χ0n) is 16.7. The zero-order valence-corrected chi connectivity index (χ0v) is 18.3. The van der Waals surface area contributed by atoms with E-state index in [1.165, 1.54) is 11.3 Å². The third-order valence-electron chi connectivity index (χ3n) is 5.21. The van der Waals surface area contributed by atoms with Gasteiger partial charge < -0.3 is 10.2 Å². The van der Waals surface area contributed by atoms with Crippen molar-refractivity contribution in [2.75, 3.05) is 16.8 Å². The SMILES string of the molecule is Cc1ncc(NC(=O)C2CC(=O)N(c3ccccc3)C2)n1-c1nc(-c2cccs2)cs1. The molecule has 7 nitrogen and oxygen atoms in total. The number of nitrogens with one attached hydrogen (secondary N) is 1. The molecule has 0 aliphatic carbocycles. The van der Waals surface area contributed by atoms with Gasteiger partial charge in [-0.3, -0.25) is 14.2 Å². The van der Waals surface area contributed by atoms with Crippen molar-refractivity contribution in [3.05, 3.63) is 65.2 Å². The number of rotatable bonds is 5. The summed E-state index contributed by atoms with van der Waals surface area (Å²) < 4.78 is 1.84. The van der Waals surface area contributed by atoms with Gasteiger partial charge >= 0.3 is 0 Å².